The van der Waals surface area contributed by atoms with E-state index in [9.17, 15) is 4.79 Å². The van der Waals surface area contributed by atoms with Gasteiger partial charge in [-0.25, -0.2) is 9.31 Å². The van der Waals surface area contributed by atoms with Crippen LogP contribution in [0.2, 0.25) is 0 Å². The van der Waals surface area contributed by atoms with Crippen molar-refractivity contribution < 1.29 is 4.79 Å². The Labute approximate surface area is 128 Å². The van der Waals surface area contributed by atoms with Gasteiger partial charge in [0.05, 0.1) is 6.20 Å². The highest BCUT2D eigenvalue weighted by Gasteiger charge is 2.04. The van der Waals surface area contributed by atoms with Crippen LogP contribution in [-0.4, -0.2) is 26.8 Å². The van der Waals surface area contributed by atoms with Crippen molar-refractivity contribution in [2.45, 2.75) is 20.4 Å². The molecule has 6 nitrogen and oxygen atoms in total. The van der Waals surface area contributed by atoms with E-state index in [2.05, 4.69) is 15.7 Å². The summed E-state index contributed by atoms with van der Waals surface area (Å²) in [5.41, 5.74) is 4.19. The second-order valence-electron chi connectivity index (χ2n) is 5.31. The molecule has 0 aliphatic carbocycles. The van der Waals surface area contributed by atoms with E-state index in [1.165, 1.54) is 5.56 Å². The lowest BCUT2D eigenvalue weighted by atomic mass is 10.1. The van der Waals surface area contributed by atoms with Gasteiger partial charge in [0.25, 0.3) is 0 Å². The van der Waals surface area contributed by atoms with Gasteiger partial charge in [0.2, 0.25) is 0 Å². The summed E-state index contributed by atoms with van der Waals surface area (Å²) in [6.07, 6.45) is 5.60. The lowest BCUT2D eigenvalue weighted by Gasteiger charge is -2.10. The van der Waals surface area contributed by atoms with E-state index in [0.717, 1.165) is 16.9 Å². The Morgan fingerprint density at radius 3 is 2.86 bits per heavy atom. The van der Waals surface area contributed by atoms with Crippen LogP contribution in [-0.2, 0) is 6.54 Å². The van der Waals surface area contributed by atoms with Crippen LogP contribution in [0.5, 0.6) is 0 Å². The molecule has 0 atom stereocenters. The molecule has 2 amide bonds. The molecular weight excluding hydrogens is 278 g/mol. The number of aryl methyl sites for hydroxylation is 2. The van der Waals surface area contributed by atoms with Gasteiger partial charge >= 0.3 is 6.03 Å². The van der Waals surface area contributed by atoms with E-state index in [0.29, 0.717) is 13.1 Å². The number of hydrogen-bond donors (Lipinski definition) is 2. The standard InChI is InChI=1S/C16H19N5O/c1-12-3-4-14(11-13(12)2)19-16(22)17-7-8-20-9-10-21-15(20)5-6-18-21/h3-6,9-11H,7-8H2,1-2H3,(H2,17,19,22). The Hall–Kier alpha value is -2.76. The number of carbonyl (C=O) groups is 1. The summed E-state index contributed by atoms with van der Waals surface area (Å²) in [4.78, 5) is 11.9. The maximum Gasteiger partial charge on any atom is 0.319 e. The van der Waals surface area contributed by atoms with Crippen LogP contribution in [0.15, 0.2) is 42.9 Å². The van der Waals surface area contributed by atoms with Crippen molar-refractivity contribution in [3.63, 3.8) is 0 Å². The van der Waals surface area contributed by atoms with Crippen LogP contribution in [0.25, 0.3) is 5.65 Å². The third-order valence-corrected chi connectivity index (χ3v) is 3.73. The number of carbonyl (C=O) groups excluding carboxylic acids is 1. The molecule has 114 valence electrons. The summed E-state index contributed by atoms with van der Waals surface area (Å²) in [5.74, 6) is 0. The largest absolute Gasteiger partial charge is 0.336 e. The zero-order valence-electron chi connectivity index (χ0n) is 12.7. The minimum atomic E-state index is -0.195. The number of benzene rings is 1. The third kappa shape index (κ3) is 2.95. The smallest absolute Gasteiger partial charge is 0.319 e. The number of hydrogen-bond acceptors (Lipinski definition) is 2. The van der Waals surface area contributed by atoms with Crippen LogP contribution >= 0.6 is 0 Å². The molecule has 0 radical (unpaired) electrons. The van der Waals surface area contributed by atoms with Crippen LogP contribution < -0.4 is 10.6 Å². The fraction of sp³-hybridized carbons (Fsp3) is 0.250. The van der Waals surface area contributed by atoms with Gasteiger partial charge in [-0.2, -0.15) is 5.10 Å². The number of aromatic nitrogens is 3. The molecule has 0 bridgehead atoms. The van der Waals surface area contributed by atoms with Gasteiger partial charge in [-0.1, -0.05) is 6.07 Å². The Balaban J connectivity index is 1.52. The molecular formula is C16H19N5O. The fourth-order valence-electron chi connectivity index (χ4n) is 2.34. The summed E-state index contributed by atoms with van der Waals surface area (Å²) in [7, 11) is 0. The van der Waals surface area contributed by atoms with Gasteiger partial charge in [0.15, 0.2) is 0 Å². The van der Waals surface area contributed by atoms with E-state index in [1.54, 1.807) is 10.7 Å². The number of fused-ring (bicyclic) bond motifs is 1. The number of urea groups is 1. The highest BCUT2D eigenvalue weighted by molar-refractivity contribution is 5.89. The lowest BCUT2D eigenvalue weighted by molar-refractivity contribution is 0.251. The van der Waals surface area contributed by atoms with Crippen molar-refractivity contribution in [3.05, 3.63) is 54.0 Å². The summed E-state index contributed by atoms with van der Waals surface area (Å²) < 4.78 is 3.85. The molecule has 22 heavy (non-hydrogen) atoms. The minimum absolute atomic E-state index is 0.195. The Morgan fingerprint density at radius 1 is 1.18 bits per heavy atom. The SMILES string of the molecule is Cc1ccc(NC(=O)NCCn2ccn3nccc23)cc1C. The molecule has 0 saturated heterocycles. The molecule has 0 spiro atoms. The third-order valence-electron chi connectivity index (χ3n) is 3.73. The van der Waals surface area contributed by atoms with E-state index in [-0.39, 0.29) is 6.03 Å². The molecule has 0 fully saturated rings. The summed E-state index contributed by atoms with van der Waals surface area (Å²) in [5, 5.41) is 9.86. The second-order valence-corrected chi connectivity index (χ2v) is 5.31. The summed E-state index contributed by atoms with van der Waals surface area (Å²) in [6.45, 7) is 5.32. The Morgan fingerprint density at radius 2 is 2.05 bits per heavy atom. The van der Waals surface area contributed by atoms with Crippen molar-refractivity contribution in [3.8, 4) is 0 Å². The number of rotatable bonds is 4. The number of imidazole rings is 1. The zero-order chi connectivity index (χ0) is 15.5. The van der Waals surface area contributed by atoms with Crippen molar-refractivity contribution in [1.29, 1.82) is 0 Å². The number of anilines is 1. The molecule has 1 aromatic carbocycles. The van der Waals surface area contributed by atoms with Crippen molar-refractivity contribution in [2.75, 3.05) is 11.9 Å². The van der Waals surface area contributed by atoms with E-state index >= 15 is 0 Å². The van der Waals surface area contributed by atoms with Crippen molar-refractivity contribution >= 4 is 17.4 Å². The van der Waals surface area contributed by atoms with E-state index in [4.69, 9.17) is 0 Å². The van der Waals surface area contributed by atoms with Crippen molar-refractivity contribution in [2.24, 2.45) is 0 Å². The molecule has 2 heterocycles. The molecule has 2 aromatic heterocycles. The first kappa shape index (κ1) is 14.2. The van der Waals surface area contributed by atoms with Crippen LogP contribution in [0.1, 0.15) is 11.1 Å². The van der Waals surface area contributed by atoms with Gasteiger partial charge < -0.3 is 15.2 Å². The molecule has 2 N–H and O–H groups in total. The Bertz CT molecular complexity index is 802. The topological polar surface area (TPSA) is 63.4 Å². The van der Waals surface area contributed by atoms with Crippen LogP contribution in [0.4, 0.5) is 10.5 Å². The average molecular weight is 297 g/mol. The maximum absolute atomic E-state index is 11.9. The highest BCUT2D eigenvalue weighted by Crippen LogP contribution is 2.13. The minimum Gasteiger partial charge on any atom is -0.336 e. The van der Waals surface area contributed by atoms with E-state index in [1.807, 2.05) is 55.1 Å². The van der Waals surface area contributed by atoms with Crippen molar-refractivity contribution in [1.82, 2.24) is 19.5 Å². The zero-order valence-corrected chi connectivity index (χ0v) is 12.7. The van der Waals surface area contributed by atoms with Gasteiger partial charge in [-0.3, -0.25) is 0 Å². The molecule has 0 aliphatic rings. The first-order valence-electron chi connectivity index (χ1n) is 7.24. The summed E-state index contributed by atoms with van der Waals surface area (Å²) in [6, 6.07) is 7.62. The van der Waals surface area contributed by atoms with Crippen LogP contribution in [0.3, 0.4) is 0 Å². The van der Waals surface area contributed by atoms with E-state index < -0.39 is 0 Å². The van der Waals surface area contributed by atoms with Gasteiger partial charge in [-0.15, -0.1) is 0 Å². The normalized spacial score (nSPS) is 10.8. The molecule has 0 aliphatic heterocycles. The lowest BCUT2D eigenvalue weighted by Crippen LogP contribution is -2.31. The monoisotopic (exact) mass is 297 g/mol. The second kappa shape index (κ2) is 5.93. The van der Waals surface area contributed by atoms with Gasteiger partial charge in [0, 0.05) is 37.2 Å². The van der Waals surface area contributed by atoms with Crippen LogP contribution in [0, 0.1) is 13.8 Å². The maximum atomic E-state index is 11.9. The van der Waals surface area contributed by atoms with Gasteiger partial charge in [0.1, 0.15) is 5.65 Å². The highest BCUT2D eigenvalue weighted by atomic mass is 16.2. The first-order chi connectivity index (χ1) is 10.6. The molecule has 3 rings (SSSR count). The van der Waals surface area contributed by atoms with Gasteiger partial charge in [-0.05, 0) is 37.1 Å². The molecule has 0 unspecified atom stereocenters. The fourth-order valence-corrected chi connectivity index (χ4v) is 2.34. The molecule has 6 heteroatoms. The predicted molar refractivity (Wildman–Crippen MR) is 86.1 cm³/mol. The summed E-state index contributed by atoms with van der Waals surface area (Å²) >= 11 is 0. The first-order valence-corrected chi connectivity index (χ1v) is 7.24. The molecule has 0 saturated carbocycles. The Kier molecular flexibility index (Phi) is 3.82. The number of nitrogens with zero attached hydrogens (tertiary/aromatic N) is 3. The average Bonchev–Trinajstić information content (AvgIpc) is 3.07. The number of nitrogens with one attached hydrogen (secondary N) is 2. The number of amides is 2. The molecule has 3 aromatic rings. The predicted octanol–water partition coefficient (Wildman–Crippen LogP) is 2.57. The quantitative estimate of drug-likeness (QED) is 0.777.